The molecule has 0 fully saturated rings. The zero-order valence-electron chi connectivity index (χ0n) is 16.4. The van der Waals surface area contributed by atoms with Gasteiger partial charge >= 0.3 is 0 Å². The number of oxazole rings is 1. The maximum Gasteiger partial charge on any atom is 0.224 e. The molecular formula is C25H22N2O3. The van der Waals surface area contributed by atoms with Crippen LogP contribution in [0.2, 0.25) is 0 Å². The zero-order valence-corrected chi connectivity index (χ0v) is 16.4. The van der Waals surface area contributed by atoms with Crippen molar-refractivity contribution in [2.24, 2.45) is 5.92 Å². The first-order valence-electron chi connectivity index (χ1n) is 10.2. The first-order chi connectivity index (χ1) is 14.8. The fourth-order valence-electron chi connectivity index (χ4n) is 3.97. The van der Waals surface area contributed by atoms with E-state index < -0.39 is 6.10 Å². The lowest BCUT2D eigenvalue weighted by molar-refractivity contribution is 0.0737. The first-order valence-corrected chi connectivity index (χ1v) is 10.2. The predicted molar refractivity (Wildman–Crippen MR) is 113 cm³/mol. The number of pyridine rings is 1. The Kier molecular flexibility index (Phi) is 5.03. The van der Waals surface area contributed by atoms with Crippen LogP contribution in [-0.4, -0.2) is 15.1 Å². The summed E-state index contributed by atoms with van der Waals surface area (Å²) in [6.45, 7) is 0. The summed E-state index contributed by atoms with van der Waals surface area (Å²) >= 11 is 0. The van der Waals surface area contributed by atoms with Gasteiger partial charge < -0.3 is 14.3 Å². The van der Waals surface area contributed by atoms with Gasteiger partial charge in [-0.1, -0.05) is 30.3 Å². The summed E-state index contributed by atoms with van der Waals surface area (Å²) in [5.74, 6) is 2.66. The molecule has 1 aliphatic rings. The highest BCUT2D eigenvalue weighted by Gasteiger charge is 2.29. The molecule has 0 bridgehead atoms. The predicted octanol–water partition coefficient (Wildman–Crippen LogP) is 5.37. The van der Waals surface area contributed by atoms with Crippen LogP contribution in [0.5, 0.6) is 11.5 Å². The second-order valence-electron chi connectivity index (χ2n) is 7.57. The number of para-hydroxylation sites is 1. The van der Waals surface area contributed by atoms with Gasteiger partial charge in [0.15, 0.2) is 5.76 Å². The van der Waals surface area contributed by atoms with Gasteiger partial charge in [0.1, 0.15) is 23.3 Å². The highest BCUT2D eigenvalue weighted by atomic mass is 16.5. The largest absolute Gasteiger partial charge is 0.457 e. The van der Waals surface area contributed by atoms with E-state index in [2.05, 4.69) is 22.1 Å². The first kappa shape index (κ1) is 18.6. The Hall–Kier alpha value is -3.44. The number of aliphatic hydroxyl groups is 1. The molecule has 4 aromatic rings. The van der Waals surface area contributed by atoms with Crippen LogP contribution in [0.1, 0.15) is 29.5 Å². The van der Waals surface area contributed by atoms with E-state index in [-0.39, 0.29) is 5.92 Å². The lowest BCUT2D eigenvalue weighted by Gasteiger charge is -2.27. The third kappa shape index (κ3) is 3.84. The minimum Gasteiger partial charge on any atom is -0.457 e. The summed E-state index contributed by atoms with van der Waals surface area (Å²) in [5.41, 5.74) is 3.22. The Labute approximate surface area is 175 Å². The number of aliphatic hydroxyl groups excluding tert-OH is 1. The summed E-state index contributed by atoms with van der Waals surface area (Å²) < 4.78 is 11.8. The molecule has 0 saturated carbocycles. The Morgan fingerprint density at radius 2 is 1.80 bits per heavy atom. The van der Waals surface area contributed by atoms with Crippen LogP contribution in [0.3, 0.4) is 0 Å². The van der Waals surface area contributed by atoms with Crippen molar-refractivity contribution < 1.29 is 14.3 Å². The zero-order chi connectivity index (χ0) is 20.3. The lowest BCUT2D eigenvalue weighted by atomic mass is 9.81. The van der Waals surface area contributed by atoms with E-state index in [1.807, 2.05) is 54.6 Å². The standard InChI is InChI=1S/C25H22N2O3/c28-24(25-27-16-23(30-25)22-8-4-5-13-26-22)19-10-9-18-15-21(12-11-17(18)14-19)29-20-6-2-1-3-7-20/h1-8,11-13,15-16,19,24,28H,9-10,14H2. The van der Waals surface area contributed by atoms with Crippen LogP contribution in [0.15, 0.2) is 83.5 Å². The number of fused-ring (bicyclic) bond motifs is 1. The van der Waals surface area contributed by atoms with Crippen molar-refractivity contribution in [1.29, 1.82) is 0 Å². The van der Waals surface area contributed by atoms with Gasteiger partial charge in [-0.25, -0.2) is 4.98 Å². The molecule has 0 radical (unpaired) electrons. The molecule has 5 heteroatoms. The van der Waals surface area contributed by atoms with Crippen molar-refractivity contribution in [1.82, 2.24) is 9.97 Å². The van der Waals surface area contributed by atoms with Gasteiger partial charge in [0, 0.05) is 6.20 Å². The second kappa shape index (κ2) is 8.13. The Morgan fingerprint density at radius 1 is 0.933 bits per heavy atom. The minimum atomic E-state index is -0.740. The van der Waals surface area contributed by atoms with Crippen molar-refractivity contribution in [3.63, 3.8) is 0 Å². The Balaban J connectivity index is 1.29. The maximum absolute atomic E-state index is 10.9. The molecule has 30 heavy (non-hydrogen) atoms. The lowest BCUT2D eigenvalue weighted by Crippen LogP contribution is -2.21. The number of hydrogen-bond donors (Lipinski definition) is 1. The van der Waals surface area contributed by atoms with E-state index >= 15 is 0 Å². The fraction of sp³-hybridized carbons (Fsp3) is 0.200. The van der Waals surface area contributed by atoms with Crippen LogP contribution < -0.4 is 4.74 Å². The van der Waals surface area contributed by atoms with Gasteiger partial charge in [0.25, 0.3) is 0 Å². The van der Waals surface area contributed by atoms with E-state index in [4.69, 9.17) is 9.15 Å². The minimum absolute atomic E-state index is 0.0635. The van der Waals surface area contributed by atoms with E-state index in [9.17, 15) is 5.11 Å². The van der Waals surface area contributed by atoms with Gasteiger partial charge in [0.05, 0.1) is 6.20 Å². The monoisotopic (exact) mass is 398 g/mol. The number of ether oxygens (including phenoxy) is 1. The SMILES string of the molecule is OC(c1ncc(-c2ccccn2)o1)C1CCc2cc(Oc3ccccc3)ccc2C1. The van der Waals surface area contributed by atoms with E-state index in [1.165, 1.54) is 11.1 Å². The summed E-state index contributed by atoms with van der Waals surface area (Å²) in [7, 11) is 0. The molecule has 150 valence electrons. The highest BCUT2D eigenvalue weighted by Crippen LogP contribution is 2.36. The third-order valence-electron chi connectivity index (χ3n) is 5.56. The number of aromatic nitrogens is 2. The molecule has 5 rings (SSSR count). The van der Waals surface area contributed by atoms with Crippen molar-refractivity contribution in [2.45, 2.75) is 25.4 Å². The van der Waals surface area contributed by atoms with Crippen LogP contribution >= 0.6 is 0 Å². The molecule has 2 atom stereocenters. The van der Waals surface area contributed by atoms with E-state index in [0.717, 1.165) is 30.8 Å². The maximum atomic E-state index is 10.9. The van der Waals surface area contributed by atoms with Gasteiger partial charge in [-0.05, 0) is 72.7 Å². The van der Waals surface area contributed by atoms with Crippen molar-refractivity contribution in [3.8, 4) is 23.0 Å². The number of hydrogen-bond acceptors (Lipinski definition) is 5. The van der Waals surface area contributed by atoms with Crippen LogP contribution in [0.25, 0.3) is 11.5 Å². The molecule has 1 aliphatic carbocycles. The summed E-state index contributed by atoms with van der Waals surface area (Å²) in [6, 6.07) is 21.6. The molecule has 2 aromatic carbocycles. The number of aryl methyl sites for hydroxylation is 1. The smallest absolute Gasteiger partial charge is 0.224 e. The van der Waals surface area contributed by atoms with Gasteiger partial charge in [0.2, 0.25) is 5.89 Å². The molecule has 0 amide bonds. The molecule has 0 aliphatic heterocycles. The second-order valence-corrected chi connectivity index (χ2v) is 7.57. The third-order valence-corrected chi connectivity index (χ3v) is 5.56. The summed E-state index contributed by atoms with van der Waals surface area (Å²) in [5, 5.41) is 10.9. The van der Waals surface area contributed by atoms with Crippen molar-refractivity contribution >= 4 is 0 Å². The molecule has 5 nitrogen and oxygen atoms in total. The molecule has 2 unspecified atom stereocenters. The van der Waals surface area contributed by atoms with Crippen molar-refractivity contribution in [2.75, 3.05) is 0 Å². The molecule has 1 N–H and O–H groups in total. The molecule has 2 aromatic heterocycles. The normalized spacial score (nSPS) is 16.6. The fourth-order valence-corrected chi connectivity index (χ4v) is 3.97. The number of nitrogens with zero attached hydrogens (tertiary/aromatic N) is 2. The molecule has 2 heterocycles. The van der Waals surface area contributed by atoms with Crippen LogP contribution in [0, 0.1) is 5.92 Å². The van der Waals surface area contributed by atoms with Crippen molar-refractivity contribution in [3.05, 3.63) is 96.1 Å². The topological polar surface area (TPSA) is 68.4 Å². The van der Waals surface area contributed by atoms with Crippen LogP contribution in [0.4, 0.5) is 0 Å². The van der Waals surface area contributed by atoms with E-state index in [1.54, 1.807) is 12.4 Å². The summed E-state index contributed by atoms with van der Waals surface area (Å²) in [4.78, 5) is 8.58. The molecular weight excluding hydrogens is 376 g/mol. The van der Waals surface area contributed by atoms with Gasteiger partial charge in [-0.15, -0.1) is 0 Å². The Bertz CT molecular complexity index is 1130. The molecule has 0 spiro atoms. The van der Waals surface area contributed by atoms with Gasteiger partial charge in [-0.2, -0.15) is 0 Å². The average Bonchev–Trinajstić information content (AvgIpc) is 3.30. The van der Waals surface area contributed by atoms with Crippen LogP contribution in [-0.2, 0) is 12.8 Å². The highest BCUT2D eigenvalue weighted by molar-refractivity contribution is 5.50. The van der Waals surface area contributed by atoms with E-state index in [0.29, 0.717) is 17.3 Å². The summed E-state index contributed by atoms with van der Waals surface area (Å²) in [6.07, 6.45) is 5.13. The Morgan fingerprint density at radius 3 is 2.63 bits per heavy atom. The van der Waals surface area contributed by atoms with Gasteiger partial charge in [-0.3, -0.25) is 4.98 Å². The number of benzene rings is 2. The number of rotatable bonds is 5. The quantitative estimate of drug-likeness (QED) is 0.490. The molecule has 0 saturated heterocycles. The average molecular weight is 398 g/mol.